The van der Waals surface area contributed by atoms with E-state index in [2.05, 4.69) is 10.2 Å². The summed E-state index contributed by atoms with van der Waals surface area (Å²) in [5, 5.41) is 7.28. The molecule has 0 aliphatic carbocycles. The highest BCUT2D eigenvalue weighted by atomic mass is 16.5. The fraction of sp³-hybridized carbons (Fsp3) is 0.500. The first-order valence-electron chi connectivity index (χ1n) is 10.3. The van der Waals surface area contributed by atoms with Crippen molar-refractivity contribution in [2.45, 2.75) is 57.3 Å². The van der Waals surface area contributed by atoms with Crippen LogP contribution in [0.4, 0.5) is 0 Å². The molecule has 1 N–H and O–H groups in total. The number of rotatable bonds is 4. The summed E-state index contributed by atoms with van der Waals surface area (Å²) in [6.07, 6.45) is 2.03. The summed E-state index contributed by atoms with van der Waals surface area (Å²) in [6.45, 7) is 5.12. The largest absolute Gasteiger partial charge is 0.351 e. The molecule has 1 aromatic heterocycles. The van der Waals surface area contributed by atoms with Gasteiger partial charge in [0.05, 0.1) is 30.8 Å². The Balaban J connectivity index is 1.33. The number of nitrogens with zero attached hydrogens (tertiary/aromatic N) is 3. The SMILES string of the molecule is Cc1[nH]nc(CCC(=O)N2CC[C@@]34OC[C@@H](c5ccccc5)N3C(=O)C[C@@H]24)c1C. The number of amides is 2. The second-order valence-electron chi connectivity index (χ2n) is 8.32. The number of benzene rings is 1. The molecular formula is C22H26N4O3. The molecule has 3 atom stereocenters. The van der Waals surface area contributed by atoms with Crippen LogP contribution in [0.5, 0.6) is 0 Å². The van der Waals surface area contributed by atoms with Crippen LogP contribution < -0.4 is 0 Å². The zero-order valence-electron chi connectivity index (χ0n) is 16.9. The predicted molar refractivity (Wildman–Crippen MR) is 106 cm³/mol. The Kier molecular flexibility index (Phi) is 4.24. The number of aromatic nitrogens is 2. The number of nitrogens with one attached hydrogen (secondary N) is 1. The lowest BCUT2D eigenvalue weighted by molar-refractivity contribution is -0.141. The van der Waals surface area contributed by atoms with Crippen LogP contribution >= 0.6 is 0 Å². The number of H-pyrrole nitrogens is 1. The summed E-state index contributed by atoms with van der Waals surface area (Å²) in [5.74, 6) is 0.158. The quantitative estimate of drug-likeness (QED) is 0.863. The number of aromatic amines is 1. The minimum Gasteiger partial charge on any atom is -0.351 e. The first-order chi connectivity index (χ1) is 14.0. The molecule has 0 unspecified atom stereocenters. The summed E-state index contributed by atoms with van der Waals surface area (Å²) >= 11 is 0. The van der Waals surface area contributed by atoms with Crippen LogP contribution in [0.1, 0.15) is 47.8 Å². The van der Waals surface area contributed by atoms with Gasteiger partial charge in [0.1, 0.15) is 0 Å². The first-order valence-corrected chi connectivity index (χ1v) is 10.3. The molecular weight excluding hydrogens is 368 g/mol. The van der Waals surface area contributed by atoms with E-state index >= 15 is 0 Å². The Morgan fingerprint density at radius 3 is 2.83 bits per heavy atom. The molecule has 3 aliphatic heterocycles. The second-order valence-corrected chi connectivity index (χ2v) is 8.32. The minimum atomic E-state index is -0.661. The van der Waals surface area contributed by atoms with E-state index in [0.717, 1.165) is 22.5 Å². The smallest absolute Gasteiger partial charge is 0.227 e. The van der Waals surface area contributed by atoms with E-state index in [1.54, 1.807) is 0 Å². The van der Waals surface area contributed by atoms with Crippen molar-refractivity contribution in [2.24, 2.45) is 0 Å². The third-order valence-corrected chi connectivity index (χ3v) is 6.89. The number of aryl methyl sites for hydroxylation is 2. The Morgan fingerprint density at radius 2 is 2.10 bits per heavy atom. The monoisotopic (exact) mass is 394 g/mol. The van der Waals surface area contributed by atoms with E-state index in [9.17, 15) is 9.59 Å². The normalized spacial score (nSPS) is 28.1. The Hall–Kier alpha value is -2.67. The average molecular weight is 394 g/mol. The number of likely N-dealkylation sites (tertiary alicyclic amines) is 1. The predicted octanol–water partition coefficient (Wildman–Crippen LogP) is 2.26. The van der Waals surface area contributed by atoms with Crippen LogP contribution in [0, 0.1) is 13.8 Å². The van der Waals surface area contributed by atoms with Crippen LogP contribution in [0.3, 0.4) is 0 Å². The van der Waals surface area contributed by atoms with Crippen molar-refractivity contribution in [1.29, 1.82) is 0 Å². The lowest BCUT2D eigenvalue weighted by Gasteiger charge is -2.33. The van der Waals surface area contributed by atoms with E-state index in [1.807, 2.05) is 54.0 Å². The molecule has 3 aliphatic rings. The third kappa shape index (κ3) is 2.71. The topological polar surface area (TPSA) is 78.5 Å². The second kappa shape index (κ2) is 6.69. The van der Waals surface area contributed by atoms with Crippen LogP contribution in [-0.2, 0) is 20.7 Å². The summed E-state index contributed by atoms with van der Waals surface area (Å²) in [4.78, 5) is 29.8. The zero-order valence-corrected chi connectivity index (χ0v) is 16.9. The molecule has 2 aromatic rings. The summed E-state index contributed by atoms with van der Waals surface area (Å²) < 4.78 is 6.29. The molecule has 4 heterocycles. The standard InChI is InChI=1S/C22H26N4O3/c1-14-15(2)23-24-17(14)8-9-20(27)25-11-10-22-19(25)12-21(28)26(22)18(13-29-22)16-6-4-3-5-7-16/h3-7,18-19H,8-13H2,1-2H3,(H,23,24)/t18-,19+,22-/m0/s1. The number of ether oxygens (including phenoxy) is 1. The van der Waals surface area contributed by atoms with Crippen LogP contribution in [0.2, 0.25) is 0 Å². The van der Waals surface area contributed by atoms with Crippen molar-refractivity contribution < 1.29 is 14.3 Å². The average Bonchev–Trinajstić information content (AvgIpc) is 3.43. The maximum absolute atomic E-state index is 13.0. The number of hydrogen-bond acceptors (Lipinski definition) is 4. The van der Waals surface area contributed by atoms with Gasteiger partial charge in [0.25, 0.3) is 0 Å². The molecule has 0 radical (unpaired) electrons. The van der Waals surface area contributed by atoms with Crippen molar-refractivity contribution in [2.75, 3.05) is 13.2 Å². The summed E-state index contributed by atoms with van der Waals surface area (Å²) in [7, 11) is 0. The van der Waals surface area contributed by atoms with Crippen LogP contribution in [0.15, 0.2) is 30.3 Å². The number of carbonyl (C=O) groups excluding carboxylic acids is 2. The highest BCUT2D eigenvalue weighted by Crippen LogP contribution is 2.51. The van der Waals surface area contributed by atoms with Gasteiger partial charge in [-0.1, -0.05) is 30.3 Å². The van der Waals surface area contributed by atoms with Gasteiger partial charge in [-0.2, -0.15) is 5.10 Å². The maximum Gasteiger partial charge on any atom is 0.227 e. The maximum atomic E-state index is 13.0. The van der Waals surface area contributed by atoms with Crippen molar-refractivity contribution >= 4 is 11.8 Å². The molecule has 5 rings (SSSR count). The van der Waals surface area contributed by atoms with E-state index < -0.39 is 5.72 Å². The zero-order chi connectivity index (χ0) is 20.2. The third-order valence-electron chi connectivity index (χ3n) is 6.89. The van der Waals surface area contributed by atoms with Crippen LogP contribution in [0.25, 0.3) is 0 Å². The Bertz CT molecular complexity index is 956. The minimum absolute atomic E-state index is 0.0709. The van der Waals surface area contributed by atoms with Gasteiger partial charge in [-0.15, -0.1) is 0 Å². The molecule has 0 bridgehead atoms. The molecule has 7 heteroatoms. The van der Waals surface area contributed by atoms with Gasteiger partial charge in [-0.25, -0.2) is 0 Å². The van der Waals surface area contributed by atoms with E-state index in [4.69, 9.17) is 4.74 Å². The van der Waals surface area contributed by atoms with E-state index in [-0.39, 0.29) is 23.9 Å². The van der Waals surface area contributed by atoms with Gasteiger partial charge in [-0.3, -0.25) is 14.7 Å². The summed E-state index contributed by atoms with van der Waals surface area (Å²) in [5.41, 5.74) is 3.52. The van der Waals surface area contributed by atoms with Crippen molar-refractivity contribution in [3.8, 4) is 0 Å². The first kappa shape index (κ1) is 18.4. The highest BCUT2D eigenvalue weighted by Gasteiger charge is 2.65. The molecule has 3 saturated heterocycles. The molecule has 1 aromatic carbocycles. The van der Waals surface area contributed by atoms with Gasteiger partial charge < -0.3 is 14.5 Å². The Labute approximate surface area is 170 Å². The number of carbonyl (C=O) groups is 2. The Morgan fingerprint density at radius 1 is 1.31 bits per heavy atom. The number of hydrogen-bond donors (Lipinski definition) is 1. The van der Waals surface area contributed by atoms with Crippen molar-refractivity contribution in [3.63, 3.8) is 0 Å². The van der Waals surface area contributed by atoms with Crippen molar-refractivity contribution in [3.05, 3.63) is 52.8 Å². The van der Waals surface area contributed by atoms with E-state index in [1.165, 1.54) is 0 Å². The molecule has 1 spiro atoms. The molecule has 7 nitrogen and oxygen atoms in total. The van der Waals surface area contributed by atoms with Crippen LogP contribution in [-0.4, -0.2) is 56.7 Å². The fourth-order valence-electron chi connectivity index (χ4n) is 5.21. The fourth-order valence-corrected chi connectivity index (χ4v) is 5.21. The highest BCUT2D eigenvalue weighted by molar-refractivity contribution is 5.85. The van der Waals surface area contributed by atoms with Gasteiger partial charge in [0, 0.05) is 31.5 Å². The molecule has 0 saturated carbocycles. The lowest BCUT2D eigenvalue weighted by Crippen LogP contribution is -2.49. The van der Waals surface area contributed by atoms with Gasteiger partial charge >= 0.3 is 0 Å². The van der Waals surface area contributed by atoms with E-state index in [0.29, 0.717) is 38.8 Å². The van der Waals surface area contributed by atoms with Gasteiger partial charge in [-0.05, 0) is 25.0 Å². The molecule has 3 fully saturated rings. The summed E-state index contributed by atoms with van der Waals surface area (Å²) in [6, 6.07) is 9.77. The van der Waals surface area contributed by atoms with Gasteiger partial charge in [0.2, 0.25) is 11.8 Å². The molecule has 152 valence electrons. The lowest BCUT2D eigenvalue weighted by atomic mass is 10.0. The molecule has 2 amide bonds. The molecule has 29 heavy (non-hydrogen) atoms. The van der Waals surface area contributed by atoms with Gasteiger partial charge in [0.15, 0.2) is 5.72 Å². The van der Waals surface area contributed by atoms with Crippen molar-refractivity contribution in [1.82, 2.24) is 20.0 Å².